The van der Waals surface area contributed by atoms with Gasteiger partial charge in [0.1, 0.15) is 0 Å². The van der Waals surface area contributed by atoms with Gasteiger partial charge in [0, 0.05) is 17.1 Å². The van der Waals surface area contributed by atoms with Gasteiger partial charge in [-0.2, -0.15) is 5.26 Å². The van der Waals surface area contributed by atoms with Crippen LogP contribution in [0.3, 0.4) is 0 Å². The topological polar surface area (TPSA) is 35.8 Å². The number of halogens is 1. The first-order chi connectivity index (χ1) is 9.60. The molecule has 0 aliphatic carbocycles. The molecule has 102 valence electrons. The highest BCUT2D eigenvalue weighted by Crippen LogP contribution is 2.18. The molecule has 2 nitrogen and oxygen atoms in total. The molecule has 0 aromatic heterocycles. The maximum Gasteiger partial charge on any atom is 0.0991 e. The normalized spacial score (nSPS) is 11.9. The monoisotopic (exact) mass is 328 g/mol. The summed E-state index contributed by atoms with van der Waals surface area (Å²) in [6, 6.07) is 16.5. The van der Waals surface area contributed by atoms with Gasteiger partial charge in [-0.1, -0.05) is 40.2 Å². The predicted octanol–water partition coefficient (Wildman–Crippen LogP) is 4.48. The Morgan fingerprint density at radius 3 is 2.50 bits per heavy atom. The van der Waals surface area contributed by atoms with E-state index in [1.807, 2.05) is 24.3 Å². The van der Waals surface area contributed by atoms with Gasteiger partial charge in [-0.3, -0.25) is 0 Å². The van der Waals surface area contributed by atoms with Crippen LogP contribution < -0.4 is 5.32 Å². The van der Waals surface area contributed by atoms with Crippen LogP contribution in [0, 0.1) is 18.3 Å². The Kier molecular flexibility index (Phi) is 4.94. The zero-order valence-corrected chi connectivity index (χ0v) is 13.2. The van der Waals surface area contributed by atoms with E-state index in [9.17, 15) is 0 Å². The summed E-state index contributed by atoms with van der Waals surface area (Å²) < 4.78 is 1.14. The average Bonchev–Trinajstić information content (AvgIpc) is 2.48. The maximum atomic E-state index is 8.80. The Balaban J connectivity index is 1.99. The highest BCUT2D eigenvalue weighted by Gasteiger charge is 2.05. The van der Waals surface area contributed by atoms with Gasteiger partial charge >= 0.3 is 0 Å². The minimum absolute atomic E-state index is 0.256. The number of hydrogen-bond acceptors (Lipinski definition) is 2. The predicted molar refractivity (Wildman–Crippen MR) is 85.3 cm³/mol. The largest absolute Gasteiger partial charge is 0.306 e. The first-order valence-electron chi connectivity index (χ1n) is 6.58. The smallest absolute Gasteiger partial charge is 0.0991 e. The quantitative estimate of drug-likeness (QED) is 0.898. The number of rotatable bonds is 4. The van der Waals surface area contributed by atoms with Crippen molar-refractivity contribution < 1.29 is 0 Å². The fourth-order valence-corrected chi connectivity index (χ4v) is 2.30. The van der Waals surface area contributed by atoms with Crippen molar-refractivity contribution in [1.82, 2.24) is 5.32 Å². The van der Waals surface area contributed by atoms with E-state index in [0.717, 1.165) is 11.0 Å². The molecule has 0 aliphatic rings. The van der Waals surface area contributed by atoms with Crippen molar-refractivity contribution in [3.8, 4) is 6.07 Å². The molecule has 20 heavy (non-hydrogen) atoms. The van der Waals surface area contributed by atoms with Gasteiger partial charge in [0.2, 0.25) is 0 Å². The van der Waals surface area contributed by atoms with E-state index in [0.29, 0.717) is 5.56 Å². The van der Waals surface area contributed by atoms with Crippen molar-refractivity contribution in [2.24, 2.45) is 0 Å². The molecular formula is C17H17BrN2. The summed E-state index contributed by atoms with van der Waals surface area (Å²) >= 11 is 3.51. The van der Waals surface area contributed by atoms with E-state index in [2.05, 4.69) is 59.4 Å². The van der Waals surface area contributed by atoms with Crippen LogP contribution in [0.2, 0.25) is 0 Å². The van der Waals surface area contributed by atoms with Crippen molar-refractivity contribution >= 4 is 15.9 Å². The van der Waals surface area contributed by atoms with Gasteiger partial charge in [0.15, 0.2) is 0 Å². The summed E-state index contributed by atoms with van der Waals surface area (Å²) in [5.74, 6) is 0. The lowest BCUT2D eigenvalue weighted by Gasteiger charge is -2.15. The zero-order valence-electron chi connectivity index (χ0n) is 11.7. The average molecular weight is 329 g/mol. The van der Waals surface area contributed by atoms with Crippen molar-refractivity contribution in [3.63, 3.8) is 0 Å². The molecule has 0 spiro atoms. The fourth-order valence-electron chi connectivity index (χ4n) is 2.05. The van der Waals surface area contributed by atoms with E-state index in [4.69, 9.17) is 5.26 Å². The molecule has 0 fully saturated rings. The number of aryl methyl sites for hydroxylation is 1. The molecule has 0 radical (unpaired) electrons. The molecule has 0 bridgehead atoms. The molecule has 2 rings (SSSR count). The summed E-state index contributed by atoms with van der Waals surface area (Å²) in [4.78, 5) is 0. The number of nitrogens with one attached hydrogen (secondary N) is 1. The zero-order chi connectivity index (χ0) is 14.5. The van der Waals surface area contributed by atoms with Gasteiger partial charge in [-0.05, 0) is 48.7 Å². The highest BCUT2D eigenvalue weighted by atomic mass is 79.9. The van der Waals surface area contributed by atoms with Gasteiger partial charge in [0.25, 0.3) is 0 Å². The summed E-state index contributed by atoms with van der Waals surface area (Å²) in [6.07, 6.45) is 0. The third kappa shape index (κ3) is 3.69. The maximum absolute atomic E-state index is 8.80. The second kappa shape index (κ2) is 6.69. The van der Waals surface area contributed by atoms with E-state index in [1.165, 1.54) is 16.7 Å². The standard InChI is InChI=1S/C17H17BrN2/c1-12-9-15(5-8-17(12)18)11-20-13(2)16-6-3-14(10-19)4-7-16/h3-9,13,20H,11H2,1-2H3. The van der Waals surface area contributed by atoms with E-state index in [-0.39, 0.29) is 6.04 Å². The summed E-state index contributed by atoms with van der Waals surface area (Å²) in [6.45, 7) is 5.06. The van der Waals surface area contributed by atoms with Crippen molar-refractivity contribution in [2.45, 2.75) is 26.4 Å². The van der Waals surface area contributed by atoms with Gasteiger partial charge in [-0.25, -0.2) is 0 Å². The first kappa shape index (κ1) is 14.8. The molecule has 0 saturated carbocycles. The van der Waals surface area contributed by atoms with E-state index >= 15 is 0 Å². The van der Waals surface area contributed by atoms with E-state index < -0.39 is 0 Å². The third-order valence-electron chi connectivity index (χ3n) is 3.37. The summed E-state index contributed by atoms with van der Waals surface area (Å²) in [5, 5.41) is 12.3. The lowest BCUT2D eigenvalue weighted by molar-refractivity contribution is 0.574. The second-order valence-electron chi connectivity index (χ2n) is 4.92. The first-order valence-corrected chi connectivity index (χ1v) is 7.38. The summed E-state index contributed by atoms with van der Waals surface area (Å²) in [5.41, 5.74) is 4.41. The molecule has 0 saturated heterocycles. The lowest BCUT2D eigenvalue weighted by Crippen LogP contribution is -2.18. The molecule has 1 unspecified atom stereocenters. The van der Waals surface area contributed by atoms with Crippen molar-refractivity contribution in [2.75, 3.05) is 0 Å². The van der Waals surface area contributed by atoms with Crippen LogP contribution in [-0.2, 0) is 6.54 Å². The SMILES string of the molecule is Cc1cc(CNC(C)c2ccc(C#N)cc2)ccc1Br. The molecule has 0 heterocycles. The Hall–Kier alpha value is -1.63. The van der Waals surface area contributed by atoms with Crippen LogP contribution in [-0.4, -0.2) is 0 Å². The van der Waals surface area contributed by atoms with Crippen molar-refractivity contribution in [3.05, 3.63) is 69.2 Å². The summed E-state index contributed by atoms with van der Waals surface area (Å²) in [7, 11) is 0. The van der Waals surface area contributed by atoms with Crippen LogP contribution in [0.4, 0.5) is 0 Å². The van der Waals surface area contributed by atoms with Crippen LogP contribution >= 0.6 is 15.9 Å². The molecule has 2 aromatic carbocycles. The number of benzene rings is 2. The van der Waals surface area contributed by atoms with Crippen LogP contribution in [0.15, 0.2) is 46.9 Å². The molecule has 0 aliphatic heterocycles. The Labute approximate surface area is 128 Å². The fraction of sp³-hybridized carbons (Fsp3) is 0.235. The third-order valence-corrected chi connectivity index (χ3v) is 4.26. The number of nitriles is 1. The molecule has 1 N–H and O–H groups in total. The molecule has 1 atom stereocenters. The second-order valence-corrected chi connectivity index (χ2v) is 5.77. The van der Waals surface area contributed by atoms with Crippen LogP contribution in [0.5, 0.6) is 0 Å². The molecule has 0 amide bonds. The van der Waals surface area contributed by atoms with Gasteiger partial charge < -0.3 is 5.32 Å². The van der Waals surface area contributed by atoms with Crippen LogP contribution in [0.25, 0.3) is 0 Å². The number of hydrogen-bond donors (Lipinski definition) is 1. The molecule has 3 heteroatoms. The van der Waals surface area contributed by atoms with Crippen LogP contribution in [0.1, 0.15) is 35.2 Å². The Morgan fingerprint density at radius 1 is 1.20 bits per heavy atom. The van der Waals surface area contributed by atoms with Gasteiger partial charge in [-0.15, -0.1) is 0 Å². The Morgan fingerprint density at radius 2 is 1.90 bits per heavy atom. The highest BCUT2D eigenvalue weighted by molar-refractivity contribution is 9.10. The van der Waals surface area contributed by atoms with E-state index in [1.54, 1.807) is 0 Å². The molecular weight excluding hydrogens is 312 g/mol. The lowest BCUT2D eigenvalue weighted by atomic mass is 10.1. The molecule has 2 aromatic rings. The Bertz CT molecular complexity index is 626. The van der Waals surface area contributed by atoms with Gasteiger partial charge in [0.05, 0.1) is 11.6 Å². The van der Waals surface area contributed by atoms with Crippen molar-refractivity contribution in [1.29, 1.82) is 5.26 Å². The minimum Gasteiger partial charge on any atom is -0.306 e. The number of nitrogens with zero attached hydrogens (tertiary/aromatic N) is 1. The minimum atomic E-state index is 0.256.